The zero-order valence-electron chi connectivity index (χ0n) is 28.9. The minimum absolute atomic E-state index is 0. The number of aromatic nitrogens is 1. The maximum atomic E-state index is 14.6. The molecule has 0 saturated carbocycles. The number of ether oxygens (including phenoxy) is 2. The number of hydrogen-bond acceptors (Lipinski definition) is 11. The van der Waals surface area contributed by atoms with Crippen LogP contribution < -0.4 is 17.7 Å². The highest BCUT2D eigenvalue weighted by Gasteiger charge is 2.48. The van der Waals surface area contributed by atoms with Crippen LogP contribution in [-0.4, -0.2) is 84.7 Å². The number of benzene rings is 3. The molecule has 17 heteroatoms. The lowest BCUT2D eigenvalue weighted by Crippen LogP contribution is -3.00. The second-order valence-electron chi connectivity index (χ2n) is 12.2. The van der Waals surface area contributed by atoms with E-state index in [4.69, 9.17) is 31.3 Å². The number of hydrogen-bond donors (Lipinski definition) is 2. The number of aliphatic hydroxyl groups is 1. The van der Waals surface area contributed by atoms with Crippen LogP contribution in [0.25, 0.3) is 11.3 Å². The van der Waals surface area contributed by atoms with Gasteiger partial charge in [-0.15, -0.1) is 28.3 Å². The molecule has 1 aromatic heterocycles. The van der Waals surface area contributed by atoms with Crippen molar-refractivity contribution in [3.8, 4) is 17.3 Å². The summed E-state index contributed by atoms with van der Waals surface area (Å²) in [5.41, 5.74) is 1.33. The predicted octanol–water partition coefficient (Wildman–Crippen LogP) is 3.55. The van der Waals surface area contributed by atoms with Gasteiger partial charge in [0.15, 0.2) is 6.34 Å². The van der Waals surface area contributed by atoms with Crippen LogP contribution in [0.2, 0.25) is 5.02 Å². The second-order valence-corrected chi connectivity index (χ2v) is 13.5. The lowest BCUT2D eigenvalue weighted by atomic mass is 9.81. The molecule has 53 heavy (non-hydrogen) atoms. The molecule has 1 aliphatic rings. The zero-order valence-corrected chi connectivity index (χ0v) is 32.1. The molecule has 2 heterocycles. The quantitative estimate of drug-likeness (QED) is 0.145. The third kappa shape index (κ3) is 10.8. The summed E-state index contributed by atoms with van der Waals surface area (Å²) in [5, 5.41) is 31.6. The highest BCUT2D eigenvalue weighted by molar-refractivity contribution is 7.10. The van der Waals surface area contributed by atoms with Crippen molar-refractivity contribution < 1.29 is 45.6 Å². The Morgan fingerprint density at radius 1 is 1.15 bits per heavy atom. The summed E-state index contributed by atoms with van der Waals surface area (Å²) >= 11 is 7.71. The number of anilines is 1. The molecule has 0 aliphatic carbocycles. The average Bonchev–Trinajstić information content (AvgIpc) is 3.78. The normalized spacial score (nSPS) is 16.1. The third-order valence-corrected chi connectivity index (χ3v) is 9.66. The van der Waals surface area contributed by atoms with Crippen molar-refractivity contribution in [1.29, 1.82) is 5.26 Å². The molecule has 0 fully saturated rings. The number of carbonyl (C=O) groups excluding carboxylic acids is 2. The monoisotopic (exact) mass is 803 g/mol. The van der Waals surface area contributed by atoms with Crippen LogP contribution >= 0.6 is 35.3 Å². The summed E-state index contributed by atoms with van der Waals surface area (Å²) < 4.78 is 25.2. The van der Waals surface area contributed by atoms with E-state index in [9.17, 15) is 19.1 Å². The first-order valence-corrected chi connectivity index (χ1v) is 17.1. The number of amides is 1. The molecule has 3 aromatic carbocycles. The molecule has 1 unspecified atom stereocenters. The Labute approximate surface area is 327 Å². The number of quaternary nitrogens is 1. The lowest BCUT2D eigenvalue weighted by molar-refractivity contribution is -0.848. The number of halogens is 4. The van der Waals surface area contributed by atoms with Gasteiger partial charge in [0.2, 0.25) is 6.34 Å². The number of likely N-dealkylation sites (N-methyl/N-ethyl adjacent to an activating group) is 1. The molecular formula is C36H37Cl3FN7O5S. The van der Waals surface area contributed by atoms with Gasteiger partial charge in [-0.2, -0.15) is 10.3 Å². The van der Waals surface area contributed by atoms with Gasteiger partial charge in [-0.25, -0.2) is 14.2 Å². The fraction of sp³-hybridized carbons (Fsp3) is 0.278. The number of thiazole rings is 1. The number of carbonyl (C=O) groups is 2. The minimum atomic E-state index is -1.71. The SMILES string of the molecule is C[C@@H](c1nc(-c2ccc(C#N)cc2)cs1)[C@](O)(C[N+]1(CCOC(=O)Nc2cccc(Cl)c2COC(=O)CN(C)C)C=NC=N1)c1cccc(F)c1.Cl.[Cl-]. The van der Waals surface area contributed by atoms with Crippen molar-refractivity contribution in [1.82, 2.24) is 9.88 Å². The fourth-order valence-electron chi connectivity index (χ4n) is 5.51. The molecule has 1 aliphatic heterocycles. The van der Waals surface area contributed by atoms with Gasteiger partial charge in [0.1, 0.15) is 37.7 Å². The summed E-state index contributed by atoms with van der Waals surface area (Å²) in [7, 11) is 3.48. The van der Waals surface area contributed by atoms with Crippen molar-refractivity contribution in [2.24, 2.45) is 10.1 Å². The van der Waals surface area contributed by atoms with E-state index in [1.807, 2.05) is 12.3 Å². The molecule has 5 rings (SSSR count). The Kier molecular flexibility index (Phi) is 15.4. The molecule has 0 bridgehead atoms. The topological polar surface area (TPSA) is 150 Å². The Bertz CT molecular complexity index is 1980. The molecular weight excluding hydrogens is 768 g/mol. The second kappa shape index (κ2) is 19.0. The molecule has 4 aromatic rings. The largest absolute Gasteiger partial charge is 1.00 e. The van der Waals surface area contributed by atoms with Crippen LogP contribution in [-0.2, 0) is 26.5 Å². The van der Waals surface area contributed by atoms with Crippen molar-refractivity contribution in [2.75, 3.05) is 45.7 Å². The number of aliphatic imine (C=N–C) groups is 1. The maximum absolute atomic E-state index is 14.6. The summed E-state index contributed by atoms with van der Waals surface area (Å²) in [6, 6.07) is 19.8. The molecule has 12 nitrogen and oxygen atoms in total. The van der Waals surface area contributed by atoms with Gasteiger partial charge in [-0.05, 0) is 56.1 Å². The molecule has 1 amide bonds. The van der Waals surface area contributed by atoms with E-state index < -0.39 is 29.4 Å². The van der Waals surface area contributed by atoms with Crippen LogP contribution in [0.15, 0.2) is 82.2 Å². The fourth-order valence-corrected chi connectivity index (χ4v) is 6.71. The summed E-state index contributed by atoms with van der Waals surface area (Å²) in [5.74, 6) is -1.62. The van der Waals surface area contributed by atoms with E-state index in [1.165, 1.54) is 42.2 Å². The Hall–Kier alpha value is -4.46. The van der Waals surface area contributed by atoms with E-state index in [2.05, 4.69) is 21.5 Å². The van der Waals surface area contributed by atoms with Crippen molar-refractivity contribution >= 4 is 65.8 Å². The van der Waals surface area contributed by atoms with E-state index in [1.54, 1.807) is 67.5 Å². The molecule has 0 radical (unpaired) electrons. The van der Waals surface area contributed by atoms with Gasteiger partial charge in [0, 0.05) is 27.4 Å². The number of esters is 1. The highest BCUT2D eigenvalue weighted by atomic mass is 35.5. The first-order chi connectivity index (χ1) is 24.4. The molecule has 3 atom stereocenters. The van der Waals surface area contributed by atoms with Crippen LogP contribution in [0, 0.1) is 17.1 Å². The molecule has 2 N–H and O–H groups in total. The molecule has 280 valence electrons. The first-order valence-electron chi connectivity index (χ1n) is 15.8. The number of nitrogens with zero attached hydrogens (tertiary/aromatic N) is 6. The van der Waals surface area contributed by atoms with Gasteiger partial charge in [-0.3, -0.25) is 15.0 Å². The van der Waals surface area contributed by atoms with Crippen molar-refractivity contribution in [3.63, 3.8) is 0 Å². The van der Waals surface area contributed by atoms with Gasteiger partial charge in [0.25, 0.3) is 0 Å². The van der Waals surface area contributed by atoms with Gasteiger partial charge < -0.3 is 27.0 Å². The molecule has 0 spiro atoms. The van der Waals surface area contributed by atoms with Crippen LogP contribution in [0.1, 0.15) is 34.5 Å². The van der Waals surface area contributed by atoms with E-state index in [-0.39, 0.29) is 62.3 Å². The maximum Gasteiger partial charge on any atom is 0.411 e. The van der Waals surface area contributed by atoms with Crippen molar-refractivity contribution in [2.45, 2.75) is 25.0 Å². The summed E-state index contributed by atoms with van der Waals surface area (Å²) in [6.07, 6.45) is 2.08. The van der Waals surface area contributed by atoms with E-state index in [0.29, 0.717) is 38.1 Å². The predicted molar refractivity (Wildman–Crippen MR) is 200 cm³/mol. The Balaban J connectivity index is 0.00000378. The number of nitriles is 1. The smallest absolute Gasteiger partial charge is 0.411 e. The number of rotatable bonds is 14. The summed E-state index contributed by atoms with van der Waals surface area (Å²) in [4.78, 5) is 35.7. The first kappa shape index (κ1) is 42.9. The van der Waals surface area contributed by atoms with Crippen LogP contribution in [0.4, 0.5) is 14.9 Å². The lowest BCUT2D eigenvalue weighted by Gasteiger charge is -2.38. The Morgan fingerprint density at radius 2 is 1.89 bits per heavy atom. The van der Waals surface area contributed by atoms with Gasteiger partial charge in [0.05, 0.1) is 34.6 Å². The van der Waals surface area contributed by atoms with Crippen LogP contribution in [0.3, 0.4) is 0 Å². The zero-order chi connectivity index (χ0) is 36.6. The summed E-state index contributed by atoms with van der Waals surface area (Å²) in [6.45, 7) is 1.58. The van der Waals surface area contributed by atoms with Crippen LogP contribution in [0.5, 0.6) is 0 Å². The third-order valence-electron chi connectivity index (χ3n) is 8.28. The van der Waals surface area contributed by atoms with Gasteiger partial charge in [-0.1, -0.05) is 54.0 Å². The van der Waals surface area contributed by atoms with Gasteiger partial charge >= 0.3 is 12.1 Å². The minimum Gasteiger partial charge on any atom is -1.00 e. The molecule has 0 saturated heterocycles. The average molecular weight is 805 g/mol. The number of nitrogens with one attached hydrogen (secondary N) is 1. The van der Waals surface area contributed by atoms with Crippen molar-refractivity contribution in [3.05, 3.63) is 105 Å². The van der Waals surface area contributed by atoms with E-state index in [0.717, 1.165) is 5.56 Å². The van der Waals surface area contributed by atoms with E-state index >= 15 is 0 Å². The standard InChI is InChI=1S/C36H35ClFN7O5S.2ClH/c1-24(34-42-32(20-51-34)26-12-10-25(17-39)11-13-26)36(48,27-6-4-7-28(38)16-27)21-45(23-40-22-41-45)14-15-49-35(47)43-31-9-5-8-30(37)29(31)19-50-33(46)18-44(2)3;;/h4-13,16,20,22-24,48H,14-15,18-19,21H2,1-3H3;2*1H/t24-,36+,45?;;/m0../s1. The Morgan fingerprint density at radius 3 is 2.55 bits per heavy atom. The highest BCUT2D eigenvalue weighted by Crippen LogP contribution is 2.41.